The molecule has 2 aromatic rings. The van der Waals surface area contributed by atoms with Gasteiger partial charge in [0.15, 0.2) is 0 Å². The van der Waals surface area contributed by atoms with Crippen molar-refractivity contribution in [1.29, 1.82) is 0 Å². The van der Waals surface area contributed by atoms with Crippen molar-refractivity contribution < 1.29 is 36.8 Å². The number of carbonyl (C=O) groups excluding carboxylic acids is 3. The molecule has 13 nitrogen and oxygen atoms in total. The van der Waals surface area contributed by atoms with Gasteiger partial charge in [0.2, 0.25) is 17.5 Å². The topological polar surface area (TPSA) is 151 Å². The van der Waals surface area contributed by atoms with Gasteiger partial charge >= 0.3 is 5.91 Å². The molecule has 7 unspecified atom stereocenters. The highest BCUT2D eigenvalue weighted by Gasteiger charge is 2.74. The van der Waals surface area contributed by atoms with E-state index in [0.29, 0.717) is 32.4 Å². The fourth-order valence-corrected chi connectivity index (χ4v) is 9.17. The van der Waals surface area contributed by atoms with E-state index < -0.39 is 57.5 Å². The number of piperazine rings is 1. The molecule has 6 aliphatic rings. The number of fused-ring (bicyclic) bond motifs is 5. The number of hydrogen-bond donors (Lipinski definition) is 2. The van der Waals surface area contributed by atoms with E-state index in [1.165, 1.54) is 10.5 Å². The Kier molecular flexibility index (Phi) is 7.92. The Hall–Kier alpha value is -3.82. The number of allylic oxidation sites excluding steroid dienone is 4. The first kappa shape index (κ1) is 33.3. The molecular weight excluding hydrogens is 662 g/mol. The number of hydrogen-bond acceptors (Lipinski definition) is 9. The van der Waals surface area contributed by atoms with Crippen molar-refractivity contribution in [1.82, 2.24) is 25.0 Å². The SMILES string of the molecule is CC(C)C1(NC(=O)C2C=C3c4cccc5[nH]cc(c45)CC3N(C)C2)OC2(OOS(C)(=O)=O)C3CCCN3C(=O)C(CC3C=CC=CC3)N2C1=O. The number of likely N-dealkylation sites (N-methyl/N-ethyl adjacent to an activating group) is 1. The maximum atomic E-state index is 15.0. The number of nitrogens with one attached hydrogen (secondary N) is 2. The number of nitrogens with zero attached hydrogens (tertiary/aromatic N) is 3. The van der Waals surface area contributed by atoms with Crippen LogP contribution in [0.15, 0.2) is 54.8 Å². The quantitative estimate of drug-likeness (QED) is 0.312. The summed E-state index contributed by atoms with van der Waals surface area (Å²) >= 11 is 0. The zero-order valence-electron chi connectivity index (χ0n) is 28.6. The van der Waals surface area contributed by atoms with Crippen molar-refractivity contribution in [2.24, 2.45) is 17.8 Å². The van der Waals surface area contributed by atoms with Crippen LogP contribution in [-0.4, -0.2) is 102 Å². The number of carbonyl (C=O) groups is 3. The van der Waals surface area contributed by atoms with Crippen LogP contribution in [-0.2, 0) is 44.9 Å². The van der Waals surface area contributed by atoms with Crippen LogP contribution in [0.4, 0.5) is 0 Å². The van der Waals surface area contributed by atoms with Crippen molar-refractivity contribution in [2.75, 3.05) is 26.4 Å². The number of H-pyrrole nitrogens is 1. The van der Waals surface area contributed by atoms with E-state index in [2.05, 4.69) is 27.5 Å². The van der Waals surface area contributed by atoms with Gasteiger partial charge in [0.05, 0.1) is 12.2 Å². The highest BCUT2D eigenvalue weighted by molar-refractivity contribution is 7.85. The van der Waals surface area contributed by atoms with Crippen LogP contribution >= 0.6 is 0 Å². The summed E-state index contributed by atoms with van der Waals surface area (Å²) < 4.78 is 36.4. The van der Waals surface area contributed by atoms with E-state index >= 15 is 4.79 Å². The predicted molar refractivity (Wildman–Crippen MR) is 183 cm³/mol. The summed E-state index contributed by atoms with van der Waals surface area (Å²) in [6, 6.07) is 4.28. The number of rotatable bonds is 8. The van der Waals surface area contributed by atoms with Gasteiger partial charge in [0.1, 0.15) is 12.1 Å². The Morgan fingerprint density at radius 3 is 2.78 bits per heavy atom. The van der Waals surface area contributed by atoms with E-state index in [9.17, 15) is 18.0 Å². The zero-order valence-corrected chi connectivity index (χ0v) is 29.4. The van der Waals surface area contributed by atoms with Crippen molar-refractivity contribution in [2.45, 2.75) is 75.7 Å². The molecule has 7 atom stereocenters. The van der Waals surface area contributed by atoms with Crippen molar-refractivity contribution in [3.05, 3.63) is 65.9 Å². The predicted octanol–water partition coefficient (Wildman–Crippen LogP) is 2.82. The van der Waals surface area contributed by atoms with Crippen molar-refractivity contribution >= 4 is 44.3 Å². The summed E-state index contributed by atoms with van der Waals surface area (Å²) in [5, 5.41) is 4.15. The second kappa shape index (κ2) is 11.9. The third-order valence-electron chi connectivity index (χ3n) is 11.3. The van der Waals surface area contributed by atoms with E-state index in [-0.39, 0.29) is 24.3 Å². The molecule has 0 bridgehead atoms. The molecule has 0 radical (unpaired) electrons. The number of benzene rings is 1. The second-order valence-electron chi connectivity index (χ2n) is 14.8. The highest BCUT2D eigenvalue weighted by Crippen LogP contribution is 2.51. The number of aromatic nitrogens is 1. The van der Waals surface area contributed by atoms with Gasteiger partial charge < -0.3 is 15.2 Å². The Bertz CT molecular complexity index is 1970. The molecule has 0 saturated carbocycles. The van der Waals surface area contributed by atoms with Gasteiger partial charge in [0, 0.05) is 42.1 Å². The lowest BCUT2D eigenvalue weighted by molar-refractivity contribution is -0.441. The smallest absolute Gasteiger partial charge is 0.309 e. The lowest BCUT2D eigenvalue weighted by Gasteiger charge is -2.50. The molecule has 3 saturated heterocycles. The third kappa shape index (κ3) is 5.09. The lowest BCUT2D eigenvalue weighted by Crippen LogP contribution is -2.72. The van der Waals surface area contributed by atoms with Crippen LogP contribution in [0.2, 0.25) is 0 Å². The standard InChI is InChI=1S/C36H43N5O8S/c1-21(2)35(38-32(42)24-17-26-25-12-8-13-27-31(25)23(19-37-27)18-28(26)39(3)20-24)34(44)41-29(16-22-10-6-5-7-11-22)33(43)40-15-9-14-30(40)36(41,47-35)48-49-50(4,45)46/h5-8,10,12-13,17,19,21-22,24,28-30,37H,9,11,14-16,18,20H2,1-4H3,(H,38,42). The molecule has 50 heavy (non-hydrogen) atoms. The van der Waals surface area contributed by atoms with Gasteiger partial charge in [-0.05, 0) is 67.8 Å². The van der Waals surface area contributed by atoms with E-state index in [1.807, 2.05) is 49.6 Å². The summed E-state index contributed by atoms with van der Waals surface area (Å²) in [6.07, 6.45) is 15.4. The highest BCUT2D eigenvalue weighted by atomic mass is 32.2. The molecule has 2 aliphatic carbocycles. The largest absolute Gasteiger partial charge is 0.361 e. The molecule has 5 heterocycles. The van der Waals surface area contributed by atoms with Crippen molar-refractivity contribution in [3.63, 3.8) is 0 Å². The molecule has 1 aromatic heterocycles. The molecule has 3 fully saturated rings. The summed E-state index contributed by atoms with van der Waals surface area (Å²) in [6.45, 7) is 4.28. The van der Waals surface area contributed by atoms with Gasteiger partial charge in [-0.1, -0.05) is 56.4 Å². The van der Waals surface area contributed by atoms with Gasteiger partial charge in [-0.25, -0.2) is 0 Å². The first-order valence-electron chi connectivity index (χ1n) is 17.4. The maximum absolute atomic E-state index is 15.0. The molecule has 0 spiro atoms. The van der Waals surface area contributed by atoms with E-state index in [4.69, 9.17) is 14.0 Å². The molecule has 14 heteroatoms. The molecule has 1 aromatic carbocycles. The summed E-state index contributed by atoms with van der Waals surface area (Å²) in [4.78, 5) is 57.9. The summed E-state index contributed by atoms with van der Waals surface area (Å²) in [5.41, 5.74) is 2.40. The Labute approximate surface area is 291 Å². The van der Waals surface area contributed by atoms with Gasteiger partial charge in [0.25, 0.3) is 16.0 Å². The number of amides is 3. The van der Waals surface area contributed by atoms with Crippen molar-refractivity contribution in [3.8, 4) is 0 Å². The molecule has 3 amide bonds. The molecule has 8 rings (SSSR count). The minimum absolute atomic E-state index is 0.0732. The van der Waals surface area contributed by atoms with Gasteiger partial charge in [-0.15, -0.1) is 4.33 Å². The molecule has 2 N–H and O–H groups in total. The summed E-state index contributed by atoms with van der Waals surface area (Å²) in [7, 11) is -2.19. The molecule has 4 aliphatic heterocycles. The second-order valence-corrected chi connectivity index (χ2v) is 16.4. The van der Waals surface area contributed by atoms with Crippen LogP contribution in [0, 0.1) is 17.8 Å². The van der Waals surface area contributed by atoms with Crippen LogP contribution in [0.3, 0.4) is 0 Å². The zero-order chi connectivity index (χ0) is 35.2. The average molecular weight is 706 g/mol. The molecular formula is C36H43N5O8S. The normalized spacial score (nSPS) is 33.5. The Balaban J connectivity index is 1.18. The average Bonchev–Trinajstić information content (AvgIpc) is 3.80. The lowest BCUT2D eigenvalue weighted by atomic mass is 9.79. The molecule has 266 valence electrons. The van der Waals surface area contributed by atoms with Gasteiger partial charge in [-0.3, -0.25) is 28.9 Å². The number of aromatic amines is 1. The first-order chi connectivity index (χ1) is 23.8. The first-order valence-corrected chi connectivity index (χ1v) is 19.2. The van der Waals surface area contributed by atoms with Crippen LogP contribution < -0.4 is 5.32 Å². The Morgan fingerprint density at radius 2 is 2.04 bits per heavy atom. The Morgan fingerprint density at radius 1 is 1.22 bits per heavy atom. The van der Waals surface area contributed by atoms with Crippen LogP contribution in [0.25, 0.3) is 16.5 Å². The maximum Gasteiger partial charge on any atom is 0.309 e. The minimum atomic E-state index is -4.19. The fourth-order valence-electron chi connectivity index (χ4n) is 8.94. The van der Waals surface area contributed by atoms with E-state index in [1.54, 1.807) is 18.7 Å². The summed E-state index contributed by atoms with van der Waals surface area (Å²) in [5.74, 6) is -4.87. The van der Waals surface area contributed by atoms with Crippen LogP contribution in [0.5, 0.6) is 0 Å². The number of ether oxygens (including phenoxy) is 1. The monoisotopic (exact) mass is 705 g/mol. The van der Waals surface area contributed by atoms with Crippen LogP contribution in [0.1, 0.15) is 50.7 Å². The van der Waals surface area contributed by atoms with Gasteiger partial charge in [-0.2, -0.15) is 13.3 Å². The fraction of sp³-hybridized carbons (Fsp3) is 0.528. The third-order valence-corrected chi connectivity index (χ3v) is 11.6. The van der Waals surface area contributed by atoms with E-state index in [0.717, 1.165) is 34.7 Å². The minimum Gasteiger partial charge on any atom is -0.361 e.